The van der Waals surface area contributed by atoms with Crippen LogP contribution in [0.5, 0.6) is 0 Å². The Morgan fingerprint density at radius 2 is 1.76 bits per heavy atom. The topological polar surface area (TPSA) is 75.4 Å². The van der Waals surface area contributed by atoms with Crippen LogP contribution in [-0.2, 0) is 23.2 Å². The van der Waals surface area contributed by atoms with Gasteiger partial charge in [0.1, 0.15) is 11.5 Å². The predicted octanol–water partition coefficient (Wildman–Crippen LogP) is 6.98. The molecular weight excluding hydrogens is 535 g/mol. The zero-order chi connectivity index (χ0) is 29.1. The predicted molar refractivity (Wildman–Crippen MR) is 164 cm³/mol. The van der Waals surface area contributed by atoms with Gasteiger partial charge in [0.05, 0.1) is 24.0 Å². The summed E-state index contributed by atoms with van der Waals surface area (Å²) in [5, 5.41) is 3.32. The Morgan fingerprint density at radius 1 is 0.976 bits per heavy atom. The number of hydrogen-bond acceptors (Lipinski definition) is 6. The van der Waals surface area contributed by atoms with Crippen molar-refractivity contribution in [3.63, 3.8) is 0 Å². The highest BCUT2D eigenvalue weighted by Gasteiger charge is 2.19. The first kappa shape index (κ1) is 28.6. The van der Waals surface area contributed by atoms with Crippen molar-refractivity contribution >= 4 is 28.0 Å². The van der Waals surface area contributed by atoms with Gasteiger partial charge in [-0.15, -0.1) is 11.3 Å². The quantitative estimate of drug-likeness (QED) is 0.207. The number of hydrogen-bond donors (Lipinski definition) is 1. The van der Waals surface area contributed by atoms with Gasteiger partial charge >= 0.3 is 0 Å². The van der Waals surface area contributed by atoms with Gasteiger partial charge < -0.3 is 5.32 Å². The van der Waals surface area contributed by atoms with Crippen molar-refractivity contribution in [3.8, 4) is 22.4 Å². The number of pyridine rings is 2. The van der Waals surface area contributed by atoms with Crippen LogP contribution in [0.25, 0.3) is 28.0 Å². The molecule has 0 aliphatic rings. The van der Waals surface area contributed by atoms with E-state index < -0.39 is 5.82 Å². The van der Waals surface area contributed by atoms with Gasteiger partial charge in [0.2, 0.25) is 5.91 Å². The summed E-state index contributed by atoms with van der Waals surface area (Å²) in [5.74, 6) is -0.735. The summed E-state index contributed by atoms with van der Waals surface area (Å²) < 4.78 is 17.1. The molecule has 5 rings (SSSR count). The van der Waals surface area contributed by atoms with Gasteiger partial charge in [-0.3, -0.25) is 19.1 Å². The number of nitrogens with zero attached hydrogens (tertiary/aromatic N) is 5. The number of halogens is 1. The Morgan fingerprint density at radius 3 is 2.46 bits per heavy atom. The van der Waals surface area contributed by atoms with Crippen molar-refractivity contribution in [2.24, 2.45) is 0 Å². The molecule has 4 aromatic heterocycles. The standard InChI is InChI=1S/C32H35FN6OS/c1-6-38(7-2)20-25-14-21(10-12-34-25)22-11-13-39-27(18-35-29(39)16-22)24-9-8-23(26(33)15-24)17-30(40)37-31-36-19-28(41-31)32(3,4)5/h8-16,18-19H,6-7,17,20H2,1-5H3,(H,36,37,40). The van der Waals surface area contributed by atoms with Crippen molar-refractivity contribution in [2.45, 2.75) is 53.0 Å². The van der Waals surface area contributed by atoms with Crippen LogP contribution in [0.4, 0.5) is 9.52 Å². The number of fused-ring (bicyclic) bond motifs is 1. The number of nitrogens with one attached hydrogen (secondary N) is 1. The number of carbonyl (C=O) groups is 1. The van der Waals surface area contributed by atoms with Gasteiger partial charge in [-0.25, -0.2) is 14.4 Å². The normalized spacial score (nSPS) is 11.9. The molecule has 0 fully saturated rings. The first-order chi connectivity index (χ1) is 19.6. The molecule has 7 nitrogen and oxygen atoms in total. The Kier molecular flexibility index (Phi) is 8.28. The second-order valence-electron chi connectivity index (χ2n) is 11.1. The van der Waals surface area contributed by atoms with E-state index in [4.69, 9.17) is 0 Å². The molecule has 1 N–H and O–H groups in total. The molecule has 0 bridgehead atoms. The fraction of sp³-hybridized carbons (Fsp3) is 0.312. The third-order valence-corrected chi connectivity index (χ3v) is 8.47. The summed E-state index contributed by atoms with van der Waals surface area (Å²) in [7, 11) is 0. The van der Waals surface area contributed by atoms with E-state index in [0.29, 0.717) is 16.3 Å². The fourth-order valence-corrected chi connectivity index (χ4v) is 5.55. The highest BCUT2D eigenvalue weighted by Crippen LogP contribution is 2.31. The molecule has 0 saturated carbocycles. The monoisotopic (exact) mass is 570 g/mol. The molecule has 0 aliphatic carbocycles. The van der Waals surface area contributed by atoms with Gasteiger partial charge in [0.25, 0.3) is 0 Å². The van der Waals surface area contributed by atoms with Crippen LogP contribution in [0.2, 0.25) is 0 Å². The Labute approximate surface area is 244 Å². The molecule has 5 aromatic rings. The SMILES string of the molecule is CCN(CC)Cc1cc(-c2ccn3c(-c4ccc(CC(=O)Nc5ncc(C(C)(C)C)s5)c(F)c4)cnc3c2)ccn1. The average Bonchev–Trinajstić information content (AvgIpc) is 3.60. The third-order valence-electron chi connectivity index (χ3n) is 7.13. The van der Waals surface area contributed by atoms with Gasteiger partial charge in [-0.05, 0) is 65.5 Å². The van der Waals surface area contributed by atoms with Crippen LogP contribution in [0.15, 0.2) is 67.3 Å². The van der Waals surface area contributed by atoms with Crippen LogP contribution in [0.3, 0.4) is 0 Å². The van der Waals surface area contributed by atoms with E-state index >= 15 is 4.39 Å². The van der Waals surface area contributed by atoms with Gasteiger partial charge in [0.15, 0.2) is 5.13 Å². The Hall–Kier alpha value is -3.95. The maximum Gasteiger partial charge on any atom is 0.230 e. The third kappa shape index (κ3) is 6.52. The zero-order valence-electron chi connectivity index (χ0n) is 24.1. The molecule has 9 heteroatoms. The minimum absolute atomic E-state index is 0.0459. The Bertz CT molecular complexity index is 1680. The van der Waals surface area contributed by atoms with Gasteiger partial charge in [-0.1, -0.05) is 46.8 Å². The smallest absolute Gasteiger partial charge is 0.230 e. The minimum atomic E-state index is -0.434. The van der Waals surface area contributed by atoms with E-state index in [1.807, 2.05) is 41.1 Å². The second-order valence-corrected chi connectivity index (χ2v) is 12.1. The number of imidazole rings is 1. The lowest BCUT2D eigenvalue weighted by atomic mass is 9.96. The number of aromatic nitrogens is 4. The summed E-state index contributed by atoms with van der Waals surface area (Å²) in [5.41, 5.74) is 5.66. The summed E-state index contributed by atoms with van der Waals surface area (Å²) in [4.78, 5) is 29.4. The number of amides is 1. The number of anilines is 1. The van der Waals surface area contributed by atoms with Crippen molar-refractivity contribution in [1.82, 2.24) is 24.3 Å². The Balaban J connectivity index is 1.31. The second kappa shape index (κ2) is 11.9. The molecule has 41 heavy (non-hydrogen) atoms. The van der Waals surface area contributed by atoms with Crippen LogP contribution in [0.1, 0.15) is 50.8 Å². The van der Waals surface area contributed by atoms with Crippen LogP contribution < -0.4 is 5.32 Å². The molecule has 1 aromatic carbocycles. The molecule has 0 radical (unpaired) electrons. The molecule has 0 spiro atoms. The highest BCUT2D eigenvalue weighted by atomic mass is 32.1. The molecule has 0 aliphatic heterocycles. The number of rotatable bonds is 9. The maximum absolute atomic E-state index is 15.1. The molecule has 0 unspecified atom stereocenters. The molecule has 0 atom stereocenters. The molecule has 1 amide bonds. The van der Waals surface area contributed by atoms with Crippen LogP contribution >= 0.6 is 11.3 Å². The first-order valence-corrected chi connectivity index (χ1v) is 14.7. The van der Waals surface area contributed by atoms with Crippen molar-refractivity contribution < 1.29 is 9.18 Å². The summed E-state index contributed by atoms with van der Waals surface area (Å²) in [6, 6.07) is 13.1. The van der Waals surface area contributed by atoms with E-state index in [2.05, 4.69) is 65.9 Å². The summed E-state index contributed by atoms with van der Waals surface area (Å²) in [6.07, 6.45) is 7.25. The van der Waals surface area contributed by atoms with E-state index in [9.17, 15) is 4.79 Å². The number of carbonyl (C=O) groups excluding carboxylic acids is 1. The average molecular weight is 571 g/mol. The lowest BCUT2D eigenvalue weighted by Crippen LogP contribution is -2.22. The highest BCUT2D eigenvalue weighted by molar-refractivity contribution is 7.15. The maximum atomic E-state index is 15.1. The number of thiazole rings is 1. The van der Waals surface area contributed by atoms with Crippen LogP contribution in [-0.4, -0.2) is 43.2 Å². The largest absolute Gasteiger partial charge is 0.302 e. The first-order valence-electron chi connectivity index (χ1n) is 13.8. The lowest BCUT2D eigenvalue weighted by molar-refractivity contribution is -0.115. The van der Waals surface area contributed by atoms with Gasteiger partial charge in [-0.2, -0.15) is 0 Å². The zero-order valence-corrected chi connectivity index (χ0v) is 24.9. The fourth-order valence-electron chi connectivity index (χ4n) is 4.66. The molecule has 212 valence electrons. The van der Waals surface area contributed by atoms with Crippen molar-refractivity contribution in [3.05, 3.63) is 89.2 Å². The molecule has 4 heterocycles. The minimum Gasteiger partial charge on any atom is -0.302 e. The summed E-state index contributed by atoms with van der Waals surface area (Å²) >= 11 is 1.44. The molecular formula is C32H35FN6OS. The van der Waals surface area contributed by atoms with E-state index in [0.717, 1.165) is 52.7 Å². The number of benzene rings is 1. The molecule has 0 saturated heterocycles. The van der Waals surface area contributed by atoms with Gasteiger partial charge in [0, 0.05) is 35.6 Å². The lowest BCUT2D eigenvalue weighted by Gasteiger charge is -2.17. The van der Waals surface area contributed by atoms with Crippen molar-refractivity contribution in [1.29, 1.82) is 0 Å². The van der Waals surface area contributed by atoms with E-state index in [1.165, 1.54) is 17.4 Å². The summed E-state index contributed by atoms with van der Waals surface area (Å²) in [6.45, 7) is 13.3. The van der Waals surface area contributed by atoms with E-state index in [1.54, 1.807) is 18.5 Å². The van der Waals surface area contributed by atoms with E-state index in [-0.39, 0.29) is 17.7 Å². The van der Waals surface area contributed by atoms with Crippen LogP contribution in [0, 0.1) is 5.82 Å². The van der Waals surface area contributed by atoms with Crippen molar-refractivity contribution in [2.75, 3.05) is 18.4 Å².